The van der Waals surface area contributed by atoms with E-state index in [1.807, 2.05) is 53.6 Å². The molecule has 1 aliphatic rings. The molecule has 1 fully saturated rings. The SMILES string of the molecule is COc1cccc([C@@H]2CCN(c3ccc(-c4cn[nH]c4)c(OC)c3)C2=O)c1. The Hall–Kier alpha value is -3.28. The molecule has 1 saturated heterocycles. The minimum absolute atomic E-state index is 0.0985. The molecule has 1 aliphatic heterocycles. The second-order valence-electron chi connectivity index (χ2n) is 6.48. The van der Waals surface area contributed by atoms with Crippen molar-refractivity contribution in [2.75, 3.05) is 25.7 Å². The lowest BCUT2D eigenvalue weighted by atomic mass is 9.97. The number of hydrogen-bond donors (Lipinski definition) is 1. The van der Waals surface area contributed by atoms with Crippen LogP contribution in [-0.2, 0) is 4.79 Å². The number of aromatic nitrogens is 2. The summed E-state index contributed by atoms with van der Waals surface area (Å²) < 4.78 is 10.8. The number of nitrogens with one attached hydrogen (secondary N) is 1. The Balaban J connectivity index is 1.61. The first-order valence-electron chi connectivity index (χ1n) is 8.84. The van der Waals surface area contributed by atoms with Gasteiger partial charge in [-0.1, -0.05) is 12.1 Å². The third-order valence-electron chi connectivity index (χ3n) is 5.01. The van der Waals surface area contributed by atoms with Crippen molar-refractivity contribution in [3.8, 4) is 22.6 Å². The first-order valence-corrected chi connectivity index (χ1v) is 8.84. The van der Waals surface area contributed by atoms with Gasteiger partial charge in [-0.2, -0.15) is 5.10 Å². The van der Waals surface area contributed by atoms with E-state index in [4.69, 9.17) is 9.47 Å². The molecule has 1 atom stereocenters. The van der Waals surface area contributed by atoms with Crippen LogP contribution in [0.2, 0.25) is 0 Å². The molecular formula is C21H21N3O3. The highest BCUT2D eigenvalue weighted by Crippen LogP contribution is 2.37. The standard InChI is InChI=1S/C21H21N3O3/c1-26-17-5-3-4-14(10-17)19-8-9-24(21(19)25)16-6-7-18(20(11-16)27-2)15-12-22-23-13-15/h3-7,10-13,19H,8-9H2,1-2H3,(H,22,23)/t19-/m0/s1. The Labute approximate surface area is 157 Å². The van der Waals surface area contributed by atoms with E-state index in [1.54, 1.807) is 20.4 Å². The number of benzene rings is 2. The van der Waals surface area contributed by atoms with E-state index in [9.17, 15) is 4.79 Å². The van der Waals surface area contributed by atoms with Crippen molar-refractivity contribution >= 4 is 11.6 Å². The Kier molecular flexibility index (Phi) is 4.54. The van der Waals surface area contributed by atoms with E-state index >= 15 is 0 Å². The van der Waals surface area contributed by atoms with Crippen LogP contribution < -0.4 is 14.4 Å². The molecule has 4 rings (SSSR count). The summed E-state index contributed by atoms with van der Waals surface area (Å²) in [6.07, 6.45) is 4.34. The second kappa shape index (κ2) is 7.15. The summed E-state index contributed by atoms with van der Waals surface area (Å²) in [6, 6.07) is 13.6. The van der Waals surface area contributed by atoms with Gasteiger partial charge in [-0.25, -0.2) is 0 Å². The molecule has 1 amide bonds. The number of carbonyl (C=O) groups excluding carboxylic acids is 1. The normalized spacial score (nSPS) is 16.6. The number of amides is 1. The monoisotopic (exact) mass is 363 g/mol. The van der Waals surface area contributed by atoms with Crippen molar-refractivity contribution in [1.82, 2.24) is 10.2 Å². The maximum absolute atomic E-state index is 13.0. The number of aromatic amines is 1. The average Bonchev–Trinajstić information content (AvgIpc) is 3.37. The zero-order valence-electron chi connectivity index (χ0n) is 15.3. The topological polar surface area (TPSA) is 67.4 Å². The van der Waals surface area contributed by atoms with E-state index in [2.05, 4.69) is 10.2 Å². The fraction of sp³-hybridized carbons (Fsp3) is 0.238. The predicted molar refractivity (Wildman–Crippen MR) is 103 cm³/mol. The molecule has 0 unspecified atom stereocenters. The molecule has 3 aromatic rings. The van der Waals surface area contributed by atoms with Crippen molar-refractivity contribution in [1.29, 1.82) is 0 Å². The molecule has 2 heterocycles. The molecule has 0 spiro atoms. The number of methoxy groups -OCH3 is 2. The van der Waals surface area contributed by atoms with Gasteiger partial charge in [0.2, 0.25) is 5.91 Å². The maximum atomic E-state index is 13.0. The van der Waals surface area contributed by atoms with Gasteiger partial charge in [0.05, 0.1) is 26.3 Å². The molecule has 6 heteroatoms. The van der Waals surface area contributed by atoms with Crippen LogP contribution in [0.1, 0.15) is 17.9 Å². The third kappa shape index (κ3) is 3.14. The van der Waals surface area contributed by atoms with Crippen molar-refractivity contribution in [2.45, 2.75) is 12.3 Å². The van der Waals surface area contributed by atoms with Gasteiger partial charge in [-0.3, -0.25) is 9.89 Å². The van der Waals surface area contributed by atoms with E-state index in [0.29, 0.717) is 12.3 Å². The summed E-state index contributed by atoms with van der Waals surface area (Å²) in [5, 5.41) is 6.80. The average molecular weight is 363 g/mol. The Bertz CT molecular complexity index is 953. The molecule has 0 aliphatic carbocycles. The van der Waals surface area contributed by atoms with Gasteiger partial charge >= 0.3 is 0 Å². The molecule has 6 nitrogen and oxygen atoms in total. The zero-order valence-corrected chi connectivity index (χ0v) is 15.3. The van der Waals surface area contributed by atoms with E-state index in [1.165, 1.54) is 0 Å². The van der Waals surface area contributed by atoms with Gasteiger partial charge in [0.15, 0.2) is 0 Å². The fourth-order valence-electron chi connectivity index (χ4n) is 3.59. The number of ether oxygens (including phenoxy) is 2. The van der Waals surface area contributed by atoms with Crippen LogP contribution in [0, 0.1) is 0 Å². The van der Waals surface area contributed by atoms with Crippen molar-refractivity contribution < 1.29 is 14.3 Å². The van der Waals surface area contributed by atoms with E-state index in [-0.39, 0.29) is 11.8 Å². The number of H-pyrrole nitrogens is 1. The summed E-state index contributed by atoms with van der Waals surface area (Å²) >= 11 is 0. The number of rotatable bonds is 5. The molecule has 27 heavy (non-hydrogen) atoms. The highest BCUT2D eigenvalue weighted by molar-refractivity contribution is 6.00. The number of carbonyl (C=O) groups is 1. The first kappa shape index (κ1) is 17.1. The van der Waals surface area contributed by atoms with Crippen molar-refractivity contribution in [3.05, 3.63) is 60.4 Å². The zero-order chi connectivity index (χ0) is 18.8. The van der Waals surface area contributed by atoms with Gasteiger partial charge in [-0.15, -0.1) is 0 Å². The molecule has 0 saturated carbocycles. The first-order chi connectivity index (χ1) is 13.2. The van der Waals surface area contributed by atoms with Crippen LogP contribution in [-0.4, -0.2) is 36.9 Å². The molecule has 0 radical (unpaired) electrons. The van der Waals surface area contributed by atoms with Crippen LogP contribution in [0.25, 0.3) is 11.1 Å². The van der Waals surface area contributed by atoms with Gasteiger partial charge in [-0.05, 0) is 36.2 Å². The number of hydrogen-bond acceptors (Lipinski definition) is 4. The maximum Gasteiger partial charge on any atom is 0.234 e. The van der Waals surface area contributed by atoms with Gasteiger partial charge in [0, 0.05) is 35.6 Å². The Morgan fingerprint density at radius 2 is 2.04 bits per heavy atom. The summed E-state index contributed by atoms with van der Waals surface area (Å²) in [5.74, 6) is 1.43. The molecule has 1 aromatic heterocycles. The van der Waals surface area contributed by atoms with Crippen LogP contribution >= 0.6 is 0 Å². The van der Waals surface area contributed by atoms with E-state index < -0.39 is 0 Å². The predicted octanol–water partition coefficient (Wildman–Crippen LogP) is 3.61. The lowest BCUT2D eigenvalue weighted by molar-refractivity contribution is -0.118. The van der Waals surface area contributed by atoms with Crippen molar-refractivity contribution in [2.24, 2.45) is 0 Å². The van der Waals surface area contributed by atoms with Crippen LogP contribution in [0.4, 0.5) is 5.69 Å². The Morgan fingerprint density at radius 1 is 1.15 bits per heavy atom. The molecule has 0 bridgehead atoms. The third-order valence-corrected chi connectivity index (χ3v) is 5.01. The summed E-state index contributed by atoms with van der Waals surface area (Å²) in [5.41, 5.74) is 3.71. The number of anilines is 1. The second-order valence-corrected chi connectivity index (χ2v) is 6.48. The highest BCUT2D eigenvalue weighted by atomic mass is 16.5. The van der Waals surface area contributed by atoms with Crippen LogP contribution in [0.15, 0.2) is 54.9 Å². The lowest BCUT2D eigenvalue weighted by Gasteiger charge is -2.19. The molecule has 1 N–H and O–H groups in total. The molecule has 138 valence electrons. The minimum Gasteiger partial charge on any atom is -0.497 e. The highest BCUT2D eigenvalue weighted by Gasteiger charge is 2.34. The van der Waals surface area contributed by atoms with E-state index in [0.717, 1.165) is 34.5 Å². The largest absolute Gasteiger partial charge is 0.497 e. The van der Waals surface area contributed by atoms with Gasteiger partial charge < -0.3 is 14.4 Å². The van der Waals surface area contributed by atoms with Crippen LogP contribution in [0.5, 0.6) is 11.5 Å². The van der Waals surface area contributed by atoms with Crippen molar-refractivity contribution in [3.63, 3.8) is 0 Å². The Morgan fingerprint density at radius 3 is 2.78 bits per heavy atom. The van der Waals surface area contributed by atoms with Gasteiger partial charge in [0.1, 0.15) is 11.5 Å². The lowest BCUT2D eigenvalue weighted by Crippen LogP contribution is -2.26. The fourth-order valence-corrected chi connectivity index (χ4v) is 3.59. The number of nitrogens with zero attached hydrogens (tertiary/aromatic N) is 2. The molecule has 2 aromatic carbocycles. The smallest absolute Gasteiger partial charge is 0.234 e. The van der Waals surface area contributed by atoms with Crippen LogP contribution in [0.3, 0.4) is 0 Å². The summed E-state index contributed by atoms with van der Waals surface area (Å²) in [7, 11) is 3.27. The van der Waals surface area contributed by atoms with Gasteiger partial charge in [0.25, 0.3) is 0 Å². The summed E-state index contributed by atoms with van der Waals surface area (Å²) in [6.45, 7) is 0.676. The quantitative estimate of drug-likeness (QED) is 0.752. The summed E-state index contributed by atoms with van der Waals surface area (Å²) in [4.78, 5) is 14.9. The molecular weight excluding hydrogens is 342 g/mol. The minimum atomic E-state index is -0.153.